The second-order valence-corrected chi connectivity index (χ2v) is 7.10. The minimum atomic E-state index is -0.327. The highest BCUT2D eigenvalue weighted by Gasteiger charge is 2.19. The van der Waals surface area contributed by atoms with E-state index in [2.05, 4.69) is 29.3 Å². The number of halogens is 1. The van der Waals surface area contributed by atoms with Crippen molar-refractivity contribution < 1.29 is 13.9 Å². The fourth-order valence-corrected chi connectivity index (χ4v) is 3.42. The molecule has 4 nitrogen and oxygen atoms in total. The summed E-state index contributed by atoms with van der Waals surface area (Å²) in [6, 6.07) is 14.5. The third-order valence-corrected chi connectivity index (χ3v) is 5.09. The summed E-state index contributed by atoms with van der Waals surface area (Å²) in [5.74, 6) is -0.0436. The number of nitrogens with zero attached hydrogens (tertiary/aromatic N) is 1. The molecule has 1 heterocycles. The molecular formula is C22H27FN2O2. The van der Waals surface area contributed by atoms with Crippen molar-refractivity contribution in [2.24, 2.45) is 0 Å². The van der Waals surface area contributed by atoms with E-state index in [0.29, 0.717) is 18.3 Å². The third-order valence-electron chi connectivity index (χ3n) is 5.09. The molecular weight excluding hydrogens is 343 g/mol. The number of carbonyl (C=O) groups is 1. The Morgan fingerprint density at radius 3 is 2.63 bits per heavy atom. The van der Waals surface area contributed by atoms with Gasteiger partial charge >= 0.3 is 0 Å². The lowest BCUT2D eigenvalue weighted by atomic mass is 10.0. The molecule has 1 aliphatic heterocycles. The molecule has 1 aliphatic rings. The minimum absolute atomic E-state index is 0.0864. The smallest absolute Gasteiger partial charge is 0.258 e. The Morgan fingerprint density at radius 1 is 1.15 bits per heavy atom. The van der Waals surface area contributed by atoms with E-state index < -0.39 is 0 Å². The van der Waals surface area contributed by atoms with Crippen LogP contribution in [0.2, 0.25) is 0 Å². The Balaban J connectivity index is 1.51. The fourth-order valence-electron chi connectivity index (χ4n) is 3.42. The lowest BCUT2D eigenvalue weighted by Crippen LogP contribution is -2.37. The molecule has 0 saturated carbocycles. The van der Waals surface area contributed by atoms with Gasteiger partial charge in [0.1, 0.15) is 11.6 Å². The summed E-state index contributed by atoms with van der Waals surface area (Å²) in [5.41, 5.74) is 2.39. The molecule has 5 heteroatoms. The zero-order chi connectivity index (χ0) is 19.1. The van der Waals surface area contributed by atoms with Crippen LogP contribution in [-0.4, -0.2) is 30.0 Å². The van der Waals surface area contributed by atoms with E-state index in [1.165, 1.54) is 49.1 Å². The highest BCUT2D eigenvalue weighted by molar-refractivity contribution is 5.77. The Kier molecular flexibility index (Phi) is 6.82. The number of carbonyl (C=O) groups excluding carboxylic acids is 1. The second kappa shape index (κ2) is 9.51. The van der Waals surface area contributed by atoms with Gasteiger partial charge in [-0.15, -0.1) is 0 Å². The Hall–Kier alpha value is -2.40. The van der Waals surface area contributed by atoms with E-state index in [9.17, 15) is 9.18 Å². The minimum Gasteiger partial charge on any atom is -0.484 e. The number of likely N-dealkylation sites (tertiary alicyclic amines) is 1. The summed E-state index contributed by atoms with van der Waals surface area (Å²) in [4.78, 5) is 14.6. The van der Waals surface area contributed by atoms with Gasteiger partial charge in [0, 0.05) is 19.1 Å². The summed E-state index contributed by atoms with van der Waals surface area (Å²) in [6.07, 6.45) is 3.81. The Labute approximate surface area is 160 Å². The topological polar surface area (TPSA) is 41.6 Å². The van der Waals surface area contributed by atoms with E-state index >= 15 is 0 Å². The van der Waals surface area contributed by atoms with Crippen LogP contribution in [-0.2, 0) is 17.9 Å². The maximum absolute atomic E-state index is 12.9. The van der Waals surface area contributed by atoms with Crippen molar-refractivity contribution in [2.45, 2.75) is 45.3 Å². The fraction of sp³-hybridized carbons (Fsp3) is 0.409. The van der Waals surface area contributed by atoms with Crippen LogP contribution in [0.15, 0.2) is 48.5 Å². The molecule has 2 aromatic carbocycles. The Morgan fingerprint density at radius 2 is 1.89 bits per heavy atom. The standard InChI is InChI=1S/C22H27FN2O2/c1-17-6-4-5-13-25(17)15-19-8-3-2-7-18(19)14-24-22(26)16-27-21-11-9-20(23)10-12-21/h2-3,7-12,17H,4-6,13-16H2,1H3,(H,24,26). The van der Waals surface area contributed by atoms with Gasteiger partial charge in [-0.2, -0.15) is 0 Å². The summed E-state index contributed by atoms with van der Waals surface area (Å²) >= 11 is 0. The van der Waals surface area contributed by atoms with Crippen LogP contribution in [0.3, 0.4) is 0 Å². The molecule has 0 spiro atoms. The second-order valence-electron chi connectivity index (χ2n) is 7.10. The molecule has 3 rings (SSSR count). The van der Waals surface area contributed by atoms with Gasteiger partial charge in [-0.3, -0.25) is 9.69 Å². The number of ether oxygens (including phenoxy) is 1. The van der Waals surface area contributed by atoms with Crippen LogP contribution in [0.5, 0.6) is 5.75 Å². The average Bonchev–Trinajstić information content (AvgIpc) is 2.68. The maximum Gasteiger partial charge on any atom is 0.258 e. The molecule has 1 saturated heterocycles. The zero-order valence-electron chi connectivity index (χ0n) is 15.8. The van der Waals surface area contributed by atoms with Crippen LogP contribution in [0, 0.1) is 5.82 Å². The van der Waals surface area contributed by atoms with Gasteiger partial charge in [0.15, 0.2) is 6.61 Å². The van der Waals surface area contributed by atoms with Crippen molar-refractivity contribution in [3.05, 3.63) is 65.5 Å². The first-order chi connectivity index (χ1) is 13.1. The van der Waals surface area contributed by atoms with Gasteiger partial charge in [0.05, 0.1) is 0 Å². The largest absolute Gasteiger partial charge is 0.484 e. The van der Waals surface area contributed by atoms with Crippen LogP contribution in [0.25, 0.3) is 0 Å². The van der Waals surface area contributed by atoms with E-state index in [0.717, 1.165) is 18.7 Å². The highest BCUT2D eigenvalue weighted by Crippen LogP contribution is 2.20. The van der Waals surface area contributed by atoms with Crippen molar-refractivity contribution in [3.8, 4) is 5.75 Å². The molecule has 27 heavy (non-hydrogen) atoms. The summed E-state index contributed by atoms with van der Waals surface area (Å²) in [7, 11) is 0. The van der Waals surface area contributed by atoms with Crippen LogP contribution in [0.1, 0.15) is 37.3 Å². The molecule has 0 aromatic heterocycles. The van der Waals surface area contributed by atoms with E-state index in [1.54, 1.807) is 0 Å². The lowest BCUT2D eigenvalue weighted by molar-refractivity contribution is -0.123. The van der Waals surface area contributed by atoms with E-state index in [1.807, 2.05) is 12.1 Å². The van der Waals surface area contributed by atoms with Gasteiger partial charge < -0.3 is 10.1 Å². The van der Waals surface area contributed by atoms with Gasteiger partial charge in [0.25, 0.3) is 5.91 Å². The lowest BCUT2D eigenvalue weighted by Gasteiger charge is -2.33. The predicted octanol–water partition coefficient (Wildman–Crippen LogP) is 3.90. The van der Waals surface area contributed by atoms with Gasteiger partial charge in [-0.25, -0.2) is 4.39 Å². The SMILES string of the molecule is CC1CCCCN1Cc1ccccc1CNC(=O)COc1ccc(F)cc1. The van der Waals surface area contributed by atoms with Gasteiger partial charge in [-0.05, 0) is 61.7 Å². The first-order valence-corrected chi connectivity index (χ1v) is 9.58. The number of hydrogen-bond acceptors (Lipinski definition) is 3. The Bertz CT molecular complexity index is 748. The van der Waals surface area contributed by atoms with Crippen molar-refractivity contribution in [1.82, 2.24) is 10.2 Å². The number of benzene rings is 2. The van der Waals surface area contributed by atoms with Crippen molar-refractivity contribution in [2.75, 3.05) is 13.2 Å². The molecule has 1 N–H and O–H groups in total. The van der Waals surface area contributed by atoms with Crippen molar-refractivity contribution >= 4 is 5.91 Å². The number of nitrogens with one attached hydrogen (secondary N) is 1. The van der Waals surface area contributed by atoms with Crippen molar-refractivity contribution in [1.29, 1.82) is 0 Å². The normalized spacial score (nSPS) is 17.5. The van der Waals surface area contributed by atoms with E-state index in [4.69, 9.17) is 4.74 Å². The van der Waals surface area contributed by atoms with Gasteiger partial charge in [0.2, 0.25) is 0 Å². The third kappa shape index (κ3) is 5.79. The van der Waals surface area contributed by atoms with Crippen LogP contribution < -0.4 is 10.1 Å². The monoisotopic (exact) mass is 370 g/mol. The maximum atomic E-state index is 12.9. The first-order valence-electron chi connectivity index (χ1n) is 9.58. The van der Waals surface area contributed by atoms with Gasteiger partial charge in [-0.1, -0.05) is 30.7 Å². The molecule has 1 amide bonds. The summed E-state index contributed by atoms with van der Waals surface area (Å²) in [5, 5.41) is 2.91. The molecule has 0 bridgehead atoms. The number of hydrogen-bond donors (Lipinski definition) is 1. The van der Waals surface area contributed by atoms with Crippen LogP contribution >= 0.6 is 0 Å². The average molecular weight is 370 g/mol. The molecule has 2 aromatic rings. The van der Waals surface area contributed by atoms with E-state index in [-0.39, 0.29) is 18.3 Å². The zero-order valence-corrected chi connectivity index (χ0v) is 15.8. The van der Waals surface area contributed by atoms with Crippen LogP contribution in [0.4, 0.5) is 4.39 Å². The highest BCUT2D eigenvalue weighted by atomic mass is 19.1. The number of amides is 1. The molecule has 0 radical (unpaired) electrons. The number of piperidine rings is 1. The molecule has 1 fully saturated rings. The molecule has 1 unspecified atom stereocenters. The van der Waals surface area contributed by atoms with Crippen molar-refractivity contribution in [3.63, 3.8) is 0 Å². The molecule has 1 atom stereocenters. The summed E-state index contributed by atoms with van der Waals surface area (Å²) in [6.45, 7) is 4.73. The summed E-state index contributed by atoms with van der Waals surface area (Å²) < 4.78 is 18.3. The first kappa shape index (κ1) is 19.4. The molecule has 0 aliphatic carbocycles. The quantitative estimate of drug-likeness (QED) is 0.804. The molecule has 144 valence electrons. The number of rotatable bonds is 7. The predicted molar refractivity (Wildman–Crippen MR) is 104 cm³/mol.